The normalized spacial score (nSPS) is 13.5. The van der Waals surface area contributed by atoms with Gasteiger partial charge < -0.3 is 15.0 Å². The average Bonchev–Trinajstić information content (AvgIpc) is 3.11. The largest absolute Gasteiger partial charge is 0.435 e. The molecule has 10 heteroatoms. The van der Waals surface area contributed by atoms with E-state index in [0.29, 0.717) is 35.2 Å². The minimum absolute atomic E-state index is 0.106. The fraction of sp³-hybridized carbons (Fsp3) is 0.200. The monoisotopic (exact) mass is 436 g/mol. The Morgan fingerprint density at radius 3 is 2.73 bits per heavy atom. The van der Waals surface area contributed by atoms with Gasteiger partial charge in [0, 0.05) is 23.3 Å². The first kappa shape index (κ1) is 20.1. The number of ether oxygens (including phenoxy) is 1. The lowest BCUT2D eigenvalue weighted by atomic mass is 10.2. The number of carbonyl (C=O) groups excluding carboxylic acids is 1. The summed E-state index contributed by atoms with van der Waals surface area (Å²) in [7, 11) is 0. The molecule has 0 unspecified atom stereocenters. The SMILES string of the molecule is O=C1c2cc(CNc3ccc(OC(F)F)cc3F)nn2CCN1c1cccc(Cl)c1. The lowest BCUT2D eigenvalue weighted by molar-refractivity contribution is -0.0499. The van der Waals surface area contributed by atoms with Crippen molar-refractivity contribution in [3.63, 3.8) is 0 Å². The second-order valence-electron chi connectivity index (χ2n) is 6.55. The summed E-state index contributed by atoms with van der Waals surface area (Å²) in [5.41, 5.74) is 1.76. The van der Waals surface area contributed by atoms with Crippen LogP contribution in [0.2, 0.25) is 5.02 Å². The summed E-state index contributed by atoms with van der Waals surface area (Å²) in [6.07, 6.45) is 0. The quantitative estimate of drug-likeness (QED) is 0.616. The van der Waals surface area contributed by atoms with Crippen LogP contribution in [0.5, 0.6) is 5.75 Å². The number of carbonyl (C=O) groups is 1. The number of halogens is 4. The Morgan fingerprint density at radius 1 is 1.17 bits per heavy atom. The average molecular weight is 437 g/mol. The van der Waals surface area contributed by atoms with Gasteiger partial charge in [-0.3, -0.25) is 9.48 Å². The van der Waals surface area contributed by atoms with Gasteiger partial charge in [0.15, 0.2) is 0 Å². The molecule has 0 saturated carbocycles. The number of fused-ring (bicyclic) bond motifs is 1. The van der Waals surface area contributed by atoms with Gasteiger partial charge in [-0.2, -0.15) is 13.9 Å². The molecular formula is C20H16ClF3N4O2. The fourth-order valence-electron chi connectivity index (χ4n) is 3.23. The minimum Gasteiger partial charge on any atom is -0.435 e. The predicted octanol–water partition coefficient (Wildman–Crippen LogP) is 4.55. The van der Waals surface area contributed by atoms with Crippen molar-refractivity contribution in [3.05, 3.63) is 70.8 Å². The summed E-state index contributed by atoms with van der Waals surface area (Å²) >= 11 is 6.02. The molecule has 3 aromatic rings. The van der Waals surface area contributed by atoms with Crippen molar-refractivity contribution in [3.8, 4) is 5.75 Å². The molecule has 0 aliphatic carbocycles. The van der Waals surface area contributed by atoms with Crippen LogP contribution in [0.4, 0.5) is 24.5 Å². The second kappa shape index (κ2) is 8.27. The maximum absolute atomic E-state index is 14.1. The Bertz CT molecular complexity index is 1090. The second-order valence-corrected chi connectivity index (χ2v) is 6.99. The van der Waals surface area contributed by atoms with Gasteiger partial charge in [0.25, 0.3) is 5.91 Å². The third-order valence-electron chi connectivity index (χ3n) is 4.58. The fourth-order valence-corrected chi connectivity index (χ4v) is 3.41. The first-order valence-electron chi connectivity index (χ1n) is 9.03. The minimum atomic E-state index is -3.02. The molecule has 2 heterocycles. The molecule has 1 N–H and O–H groups in total. The number of benzene rings is 2. The third kappa shape index (κ3) is 4.20. The summed E-state index contributed by atoms with van der Waals surface area (Å²) in [4.78, 5) is 14.5. The molecular weight excluding hydrogens is 421 g/mol. The molecule has 0 radical (unpaired) electrons. The van der Waals surface area contributed by atoms with Crippen LogP contribution in [0.15, 0.2) is 48.5 Å². The molecule has 1 aliphatic heterocycles. The third-order valence-corrected chi connectivity index (χ3v) is 4.81. The van der Waals surface area contributed by atoms with Gasteiger partial charge in [0.2, 0.25) is 0 Å². The van der Waals surface area contributed by atoms with E-state index >= 15 is 0 Å². The number of nitrogens with one attached hydrogen (secondary N) is 1. The number of alkyl halides is 2. The van der Waals surface area contributed by atoms with Gasteiger partial charge in [-0.05, 0) is 36.4 Å². The van der Waals surface area contributed by atoms with Gasteiger partial charge in [-0.15, -0.1) is 0 Å². The van der Waals surface area contributed by atoms with Crippen LogP contribution in [-0.4, -0.2) is 28.8 Å². The van der Waals surface area contributed by atoms with Crippen LogP contribution in [-0.2, 0) is 13.1 Å². The van der Waals surface area contributed by atoms with Crippen LogP contribution >= 0.6 is 11.6 Å². The van der Waals surface area contributed by atoms with E-state index < -0.39 is 12.4 Å². The molecule has 156 valence electrons. The number of hydrogen-bond donors (Lipinski definition) is 1. The molecule has 2 aromatic carbocycles. The Kier molecular flexibility index (Phi) is 5.54. The highest BCUT2D eigenvalue weighted by atomic mass is 35.5. The van der Waals surface area contributed by atoms with E-state index in [1.54, 1.807) is 33.8 Å². The summed E-state index contributed by atoms with van der Waals surface area (Å²) in [5, 5.41) is 7.77. The van der Waals surface area contributed by atoms with Crippen molar-refractivity contribution >= 4 is 28.9 Å². The Hall–Kier alpha value is -3.20. The molecule has 1 amide bonds. The zero-order valence-corrected chi connectivity index (χ0v) is 16.2. The summed E-state index contributed by atoms with van der Waals surface area (Å²) in [6.45, 7) is -1.93. The van der Waals surface area contributed by atoms with Gasteiger partial charge in [0.05, 0.1) is 24.5 Å². The standard InChI is InChI=1S/C20H16ClF3N4O2/c21-12-2-1-3-14(8-12)27-6-7-28-18(19(27)29)9-13(26-28)11-25-17-5-4-15(10-16(17)22)30-20(23)24/h1-5,8-10,20,25H,6-7,11H2. The Labute approximate surface area is 174 Å². The Balaban J connectivity index is 1.46. The molecule has 4 rings (SSSR count). The van der Waals surface area contributed by atoms with E-state index in [2.05, 4.69) is 15.2 Å². The maximum atomic E-state index is 14.1. The molecule has 0 saturated heterocycles. The topological polar surface area (TPSA) is 59.4 Å². The molecule has 0 bridgehead atoms. The van der Waals surface area contributed by atoms with Crippen LogP contribution in [0.1, 0.15) is 16.2 Å². The van der Waals surface area contributed by atoms with Crippen LogP contribution in [0, 0.1) is 5.82 Å². The lowest BCUT2D eigenvalue weighted by Gasteiger charge is -2.27. The van der Waals surface area contributed by atoms with Crippen LogP contribution in [0.3, 0.4) is 0 Å². The van der Waals surface area contributed by atoms with Gasteiger partial charge in [-0.25, -0.2) is 4.39 Å². The zero-order valence-electron chi connectivity index (χ0n) is 15.5. The highest BCUT2D eigenvalue weighted by Gasteiger charge is 2.27. The molecule has 1 aromatic heterocycles. The van der Waals surface area contributed by atoms with Gasteiger partial charge in [0.1, 0.15) is 17.3 Å². The molecule has 0 spiro atoms. The number of aromatic nitrogens is 2. The van der Waals surface area contributed by atoms with Crippen LogP contribution < -0.4 is 15.0 Å². The predicted molar refractivity (Wildman–Crippen MR) is 106 cm³/mol. The molecule has 30 heavy (non-hydrogen) atoms. The molecule has 0 fully saturated rings. The first-order chi connectivity index (χ1) is 14.4. The Morgan fingerprint density at radius 2 is 2.00 bits per heavy atom. The van der Waals surface area contributed by atoms with Crippen molar-refractivity contribution in [2.75, 3.05) is 16.8 Å². The summed E-state index contributed by atoms with van der Waals surface area (Å²) in [5.74, 6) is -1.21. The molecule has 1 aliphatic rings. The molecule has 6 nitrogen and oxygen atoms in total. The van der Waals surface area contributed by atoms with Crippen molar-refractivity contribution in [2.24, 2.45) is 0 Å². The smallest absolute Gasteiger partial charge is 0.387 e. The van der Waals surface area contributed by atoms with Crippen molar-refractivity contribution in [1.29, 1.82) is 0 Å². The lowest BCUT2D eigenvalue weighted by Crippen LogP contribution is -2.40. The van der Waals surface area contributed by atoms with Crippen LogP contribution in [0.25, 0.3) is 0 Å². The van der Waals surface area contributed by atoms with E-state index in [4.69, 9.17) is 11.6 Å². The van der Waals surface area contributed by atoms with E-state index in [-0.39, 0.29) is 23.9 Å². The summed E-state index contributed by atoms with van der Waals surface area (Å²) < 4.78 is 44.3. The van der Waals surface area contributed by atoms with E-state index in [1.165, 1.54) is 12.1 Å². The highest BCUT2D eigenvalue weighted by Crippen LogP contribution is 2.25. The number of amides is 1. The number of anilines is 2. The van der Waals surface area contributed by atoms with E-state index in [0.717, 1.165) is 6.07 Å². The van der Waals surface area contributed by atoms with Gasteiger partial charge >= 0.3 is 6.61 Å². The van der Waals surface area contributed by atoms with Crippen molar-refractivity contribution < 1.29 is 22.7 Å². The number of hydrogen-bond acceptors (Lipinski definition) is 4. The van der Waals surface area contributed by atoms with E-state index in [9.17, 15) is 18.0 Å². The van der Waals surface area contributed by atoms with Crippen molar-refractivity contribution in [2.45, 2.75) is 19.7 Å². The highest BCUT2D eigenvalue weighted by molar-refractivity contribution is 6.31. The van der Waals surface area contributed by atoms with Gasteiger partial charge in [-0.1, -0.05) is 17.7 Å². The molecule has 0 atom stereocenters. The van der Waals surface area contributed by atoms with Crippen molar-refractivity contribution in [1.82, 2.24) is 9.78 Å². The first-order valence-corrected chi connectivity index (χ1v) is 9.41. The summed E-state index contributed by atoms with van der Waals surface area (Å²) in [6, 6.07) is 12.1. The maximum Gasteiger partial charge on any atom is 0.387 e. The van der Waals surface area contributed by atoms with E-state index in [1.807, 2.05) is 6.07 Å². The zero-order chi connectivity index (χ0) is 21.3. The number of nitrogens with zero attached hydrogens (tertiary/aromatic N) is 3. The number of rotatable bonds is 6.